The molecule has 214 valence electrons. The second-order valence-electron chi connectivity index (χ2n) is 11.0. The van der Waals surface area contributed by atoms with E-state index in [0.29, 0.717) is 26.2 Å². The molecule has 0 aliphatic heterocycles. The highest BCUT2D eigenvalue weighted by Gasteiger charge is 2.21. The number of aryl methyl sites for hydroxylation is 1. The number of nitrogens with zero attached hydrogens (tertiary/aromatic N) is 4. The van der Waals surface area contributed by atoms with Gasteiger partial charge in [0.1, 0.15) is 0 Å². The molecule has 5 aromatic rings. The zero-order valence-corrected chi connectivity index (χ0v) is 24.7. The Balaban J connectivity index is 1.46. The molecule has 0 fully saturated rings. The van der Waals surface area contributed by atoms with Crippen molar-refractivity contribution in [1.82, 2.24) is 19.8 Å². The summed E-state index contributed by atoms with van der Waals surface area (Å²) >= 11 is 0. The molecular formula is C37H39N4O-. The van der Waals surface area contributed by atoms with Crippen LogP contribution in [-0.2, 0) is 26.2 Å². The molecular weight excluding hydrogens is 516 g/mol. The minimum atomic E-state index is 0.107. The topological polar surface area (TPSA) is 55.3 Å². The highest BCUT2D eigenvalue weighted by atomic mass is 16.3. The van der Waals surface area contributed by atoms with Crippen molar-refractivity contribution in [1.29, 1.82) is 0 Å². The van der Waals surface area contributed by atoms with Crippen LogP contribution in [0.2, 0.25) is 0 Å². The summed E-state index contributed by atoms with van der Waals surface area (Å²) in [6.07, 6.45) is 3.66. The van der Waals surface area contributed by atoms with E-state index in [2.05, 4.69) is 101 Å². The van der Waals surface area contributed by atoms with Crippen molar-refractivity contribution in [2.75, 3.05) is 0 Å². The summed E-state index contributed by atoms with van der Waals surface area (Å²) in [6, 6.07) is 37.3. The Bertz CT molecular complexity index is 1410. The molecule has 3 aromatic carbocycles. The van der Waals surface area contributed by atoms with Crippen molar-refractivity contribution in [3.63, 3.8) is 0 Å². The van der Waals surface area contributed by atoms with E-state index in [9.17, 15) is 5.11 Å². The third kappa shape index (κ3) is 7.49. The highest BCUT2D eigenvalue weighted by molar-refractivity contribution is 5.43. The van der Waals surface area contributed by atoms with E-state index in [1.54, 1.807) is 0 Å². The minimum absolute atomic E-state index is 0.107. The van der Waals surface area contributed by atoms with Gasteiger partial charge < -0.3 is 5.11 Å². The summed E-state index contributed by atoms with van der Waals surface area (Å²) in [6.45, 7) is 8.86. The molecule has 2 aromatic heterocycles. The van der Waals surface area contributed by atoms with Gasteiger partial charge >= 0.3 is 0 Å². The lowest BCUT2D eigenvalue weighted by Crippen LogP contribution is -2.29. The molecule has 5 heteroatoms. The largest absolute Gasteiger partial charge is 0.872 e. The van der Waals surface area contributed by atoms with Crippen LogP contribution >= 0.6 is 0 Å². The fraction of sp³-hybridized carbons (Fsp3) is 0.243. The Morgan fingerprint density at radius 1 is 0.571 bits per heavy atom. The molecule has 2 atom stereocenters. The molecule has 5 rings (SSSR count). The zero-order valence-electron chi connectivity index (χ0n) is 24.7. The predicted molar refractivity (Wildman–Crippen MR) is 167 cm³/mol. The van der Waals surface area contributed by atoms with Gasteiger partial charge in [0.15, 0.2) is 0 Å². The van der Waals surface area contributed by atoms with E-state index >= 15 is 0 Å². The summed E-state index contributed by atoms with van der Waals surface area (Å²) < 4.78 is 0. The van der Waals surface area contributed by atoms with Crippen LogP contribution in [0.15, 0.2) is 122 Å². The van der Waals surface area contributed by atoms with Gasteiger partial charge in [-0.1, -0.05) is 96.2 Å². The molecule has 0 amide bonds. The lowest BCUT2D eigenvalue weighted by Gasteiger charge is -2.34. The van der Waals surface area contributed by atoms with Crippen LogP contribution in [-0.4, -0.2) is 19.8 Å². The summed E-state index contributed by atoms with van der Waals surface area (Å²) in [5, 5.41) is 14.1. The fourth-order valence-electron chi connectivity index (χ4n) is 5.54. The maximum atomic E-state index is 14.1. The first-order valence-corrected chi connectivity index (χ1v) is 14.6. The van der Waals surface area contributed by atoms with Crippen molar-refractivity contribution in [3.8, 4) is 5.75 Å². The Hall–Kier alpha value is -4.32. The van der Waals surface area contributed by atoms with Gasteiger partial charge in [-0.2, -0.15) is 0 Å². The highest BCUT2D eigenvalue weighted by Crippen LogP contribution is 2.32. The van der Waals surface area contributed by atoms with E-state index in [4.69, 9.17) is 0 Å². The van der Waals surface area contributed by atoms with Gasteiger partial charge in [-0.05, 0) is 67.3 Å². The maximum Gasteiger partial charge on any atom is 0.0544 e. The molecule has 0 radical (unpaired) electrons. The maximum absolute atomic E-state index is 14.1. The average molecular weight is 556 g/mol. The quantitative estimate of drug-likeness (QED) is 0.161. The fourth-order valence-corrected chi connectivity index (χ4v) is 5.54. The summed E-state index contributed by atoms with van der Waals surface area (Å²) in [4.78, 5) is 13.9. The average Bonchev–Trinajstić information content (AvgIpc) is 3.03. The van der Waals surface area contributed by atoms with Crippen LogP contribution in [0.1, 0.15) is 65.1 Å². The lowest BCUT2D eigenvalue weighted by atomic mass is 10.00. The monoisotopic (exact) mass is 555 g/mol. The lowest BCUT2D eigenvalue weighted by molar-refractivity contribution is -0.271. The van der Waals surface area contributed by atoms with Crippen molar-refractivity contribution >= 4 is 0 Å². The molecule has 0 N–H and O–H groups in total. The SMILES string of the molecule is Cc1cc(CN(Cc2ccccn2)[C@@H](C)c2ccccc2)c([O-])c(CN(Cc2ccccn2)[C@@H](C)c2ccccc2)c1. The number of benzene rings is 3. The van der Waals surface area contributed by atoms with Crippen LogP contribution in [0.3, 0.4) is 0 Å². The van der Waals surface area contributed by atoms with E-state index in [-0.39, 0.29) is 17.8 Å². The second kappa shape index (κ2) is 14.0. The Morgan fingerprint density at radius 3 is 1.36 bits per heavy atom. The molecule has 0 bridgehead atoms. The number of rotatable bonds is 12. The molecule has 0 saturated carbocycles. The molecule has 0 spiro atoms. The van der Waals surface area contributed by atoms with Gasteiger partial charge in [0.05, 0.1) is 11.4 Å². The minimum Gasteiger partial charge on any atom is -0.872 e. The molecule has 5 nitrogen and oxygen atoms in total. The number of hydrogen-bond donors (Lipinski definition) is 0. The van der Waals surface area contributed by atoms with Crippen LogP contribution in [0.25, 0.3) is 0 Å². The Labute approximate surface area is 250 Å². The van der Waals surface area contributed by atoms with Crippen LogP contribution in [0.4, 0.5) is 0 Å². The Kier molecular flexibility index (Phi) is 9.75. The van der Waals surface area contributed by atoms with Crippen molar-refractivity contribution in [2.24, 2.45) is 0 Å². The second-order valence-corrected chi connectivity index (χ2v) is 11.0. The molecule has 42 heavy (non-hydrogen) atoms. The van der Waals surface area contributed by atoms with Gasteiger partial charge in [0, 0.05) is 50.7 Å². The molecule has 2 heterocycles. The van der Waals surface area contributed by atoms with E-state index in [1.807, 2.05) is 60.9 Å². The first kappa shape index (κ1) is 29.2. The van der Waals surface area contributed by atoms with Crippen molar-refractivity contribution < 1.29 is 5.11 Å². The molecule has 0 aliphatic rings. The van der Waals surface area contributed by atoms with Crippen molar-refractivity contribution in [2.45, 2.75) is 59.0 Å². The standard InChI is InChI=1S/C37H40N4O/c1-28-22-33(24-40(26-35-18-10-12-20-38-35)29(2)31-14-6-4-7-15-31)37(42)34(23-28)25-41(27-36-19-11-13-21-39-36)30(3)32-16-8-5-9-17-32/h4-23,29-30,42H,24-27H2,1-3H3/p-1/t29-,30-/m0/s1. The summed E-state index contributed by atoms with van der Waals surface area (Å²) in [7, 11) is 0. The van der Waals surface area contributed by atoms with Crippen molar-refractivity contribution in [3.05, 3.63) is 161 Å². The van der Waals surface area contributed by atoms with Gasteiger partial charge in [-0.3, -0.25) is 19.8 Å². The first-order valence-electron chi connectivity index (χ1n) is 14.6. The van der Waals surface area contributed by atoms with E-state index < -0.39 is 0 Å². The first-order chi connectivity index (χ1) is 20.5. The number of pyridine rings is 2. The summed E-state index contributed by atoms with van der Waals surface area (Å²) in [5.74, 6) is 0.109. The Morgan fingerprint density at radius 2 is 0.976 bits per heavy atom. The van der Waals surface area contributed by atoms with E-state index in [0.717, 1.165) is 28.1 Å². The summed E-state index contributed by atoms with van der Waals surface area (Å²) in [5.41, 5.74) is 7.12. The predicted octanol–water partition coefficient (Wildman–Crippen LogP) is 7.39. The number of aromatic nitrogens is 2. The van der Waals surface area contributed by atoms with Gasteiger partial charge in [-0.25, -0.2) is 0 Å². The molecule has 0 aliphatic carbocycles. The van der Waals surface area contributed by atoms with Gasteiger partial charge in [0.2, 0.25) is 0 Å². The van der Waals surface area contributed by atoms with Crippen LogP contribution in [0.5, 0.6) is 5.75 Å². The van der Waals surface area contributed by atoms with Crippen LogP contribution in [0, 0.1) is 6.92 Å². The third-order valence-electron chi connectivity index (χ3n) is 7.98. The van der Waals surface area contributed by atoms with E-state index in [1.165, 1.54) is 11.1 Å². The zero-order chi connectivity index (χ0) is 29.3. The van der Waals surface area contributed by atoms with Crippen LogP contribution < -0.4 is 5.11 Å². The van der Waals surface area contributed by atoms with Gasteiger partial charge in [0.25, 0.3) is 0 Å². The molecule has 0 unspecified atom stereocenters. The smallest absolute Gasteiger partial charge is 0.0544 e. The number of hydrogen-bond acceptors (Lipinski definition) is 5. The molecule has 0 saturated heterocycles. The van der Waals surface area contributed by atoms with Gasteiger partial charge in [-0.15, -0.1) is 0 Å². The third-order valence-corrected chi connectivity index (χ3v) is 7.98. The normalized spacial score (nSPS) is 12.9.